The highest BCUT2D eigenvalue weighted by molar-refractivity contribution is 8.18. The molecule has 3 rings (SSSR count). The number of ether oxygens (including phenoxy) is 1. The minimum absolute atomic E-state index is 0.244. The van der Waals surface area contributed by atoms with Crippen LogP contribution in [0.15, 0.2) is 66.1 Å². The number of para-hydroxylation sites is 1. The Balaban J connectivity index is 1.68. The molecule has 1 aliphatic heterocycles. The first-order valence-corrected chi connectivity index (χ1v) is 10.7. The Hall–Kier alpha value is -3.32. The Kier molecular flexibility index (Phi) is 7.31. The lowest BCUT2D eigenvalue weighted by atomic mass is 10.0. The van der Waals surface area contributed by atoms with Gasteiger partial charge in [0.25, 0.3) is 11.1 Å². The quantitative estimate of drug-likeness (QED) is 0.463. The second-order valence-electron chi connectivity index (χ2n) is 7.23. The summed E-state index contributed by atoms with van der Waals surface area (Å²) in [6.45, 7) is 7.78. The van der Waals surface area contributed by atoms with E-state index in [-0.39, 0.29) is 11.4 Å². The molecule has 6 nitrogen and oxygen atoms in total. The van der Waals surface area contributed by atoms with Crippen LogP contribution in [0.3, 0.4) is 0 Å². The van der Waals surface area contributed by atoms with Crippen molar-refractivity contribution in [2.45, 2.75) is 19.8 Å². The summed E-state index contributed by atoms with van der Waals surface area (Å²) < 4.78 is 5.59. The summed E-state index contributed by atoms with van der Waals surface area (Å²) in [6.07, 6.45) is 3.23. The zero-order valence-corrected chi connectivity index (χ0v) is 18.3. The van der Waals surface area contributed by atoms with Crippen LogP contribution in [-0.4, -0.2) is 35.1 Å². The molecule has 0 bridgehead atoms. The number of hydrogen-bond donors (Lipinski definition) is 1. The smallest absolute Gasteiger partial charge is 0.294 e. The Labute approximate surface area is 186 Å². The number of benzene rings is 2. The third kappa shape index (κ3) is 5.64. The largest absolute Gasteiger partial charge is 0.489 e. The first-order chi connectivity index (χ1) is 14.9. The summed E-state index contributed by atoms with van der Waals surface area (Å²) >= 11 is 0.805. The maximum absolute atomic E-state index is 12.7. The second kappa shape index (κ2) is 10.1. The van der Waals surface area contributed by atoms with Crippen LogP contribution in [0, 0.1) is 0 Å². The van der Waals surface area contributed by atoms with Crippen molar-refractivity contribution >= 4 is 40.6 Å². The van der Waals surface area contributed by atoms with Gasteiger partial charge in [0.1, 0.15) is 18.9 Å². The maximum Gasteiger partial charge on any atom is 0.294 e. The molecule has 1 saturated heterocycles. The number of thioether (sulfide) groups is 1. The van der Waals surface area contributed by atoms with E-state index < -0.39 is 17.1 Å². The summed E-state index contributed by atoms with van der Waals surface area (Å²) in [4.78, 5) is 38.7. The first kappa shape index (κ1) is 22.4. The third-order valence-electron chi connectivity index (χ3n) is 4.60. The summed E-state index contributed by atoms with van der Waals surface area (Å²) in [5.74, 6) is 0.0327. The Bertz CT molecular complexity index is 1030. The van der Waals surface area contributed by atoms with Crippen LogP contribution >= 0.6 is 11.8 Å². The van der Waals surface area contributed by atoms with Crippen LogP contribution in [0.4, 0.5) is 10.5 Å². The van der Waals surface area contributed by atoms with E-state index in [0.717, 1.165) is 22.2 Å². The van der Waals surface area contributed by atoms with Gasteiger partial charge < -0.3 is 10.1 Å². The third-order valence-corrected chi connectivity index (χ3v) is 5.51. The SMILES string of the molecule is C=CCOc1ccccc1/C=C1\SC(=O)N(CC(=O)Nc2ccc(C(C)C)cc2)C1=O. The zero-order chi connectivity index (χ0) is 22.4. The number of rotatable bonds is 8. The van der Waals surface area contributed by atoms with Crippen molar-refractivity contribution < 1.29 is 19.1 Å². The number of nitrogens with zero attached hydrogens (tertiary/aromatic N) is 1. The van der Waals surface area contributed by atoms with Crippen LogP contribution in [0.5, 0.6) is 5.75 Å². The van der Waals surface area contributed by atoms with E-state index in [9.17, 15) is 14.4 Å². The number of imide groups is 1. The Morgan fingerprint density at radius 2 is 1.87 bits per heavy atom. The van der Waals surface area contributed by atoms with Gasteiger partial charge in [0.2, 0.25) is 5.91 Å². The zero-order valence-electron chi connectivity index (χ0n) is 17.5. The molecule has 0 spiro atoms. The lowest BCUT2D eigenvalue weighted by Gasteiger charge is -2.13. The van der Waals surface area contributed by atoms with Gasteiger partial charge in [-0.15, -0.1) is 0 Å². The molecule has 2 aromatic carbocycles. The summed E-state index contributed by atoms with van der Waals surface area (Å²) in [7, 11) is 0. The Morgan fingerprint density at radius 1 is 1.16 bits per heavy atom. The van der Waals surface area contributed by atoms with Crippen molar-refractivity contribution in [2.75, 3.05) is 18.5 Å². The fraction of sp³-hybridized carbons (Fsp3) is 0.208. The van der Waals surface area contributed by atoms with E-state index in [1.165, 1.54) is 0 Å². The molecule has 0 saturated carbocycles. The van der Waals surface area contributed by atoms with Crippen LogP contribution in [0.1, 0.15) is 30.9 Å². The molecule has 1 N–H and O–H groups in total. The van der Waals surface area contributed by atoms with Crippen LogP contribution in [0.25, 0.3) is 6.08 Å². The molecule has 0 unspecified atom stereocenters. The van der Waals surface area contributed by atoms with E-state index in [2.05, 4.69) is 25.7 Å². The van der Waals surface area contributed by atoms with E-state index >= 15 is 0 Å². The van der Waals surface area contributed by atoms with E-state index in [1.807, 2.05) is 24.3 Å². The molecule has 0 aromatic heterocycles. The molecular weight excluding hydrogens is 412 g/mol. The fourth-order valence-corrected chi connectivity index (χ4v) is 3.78. The highest BCUT2D eigenvalue weighted by Crippen LogP contribution is 2.34. The van der Waals surface area contributed by atoms with Gasteiger partial charge >= 0.3 is 0 Å². The monoisotopic (exact) mass is 436 g/mol. The number of anilines is 1. The standard InChI is InChI=1S/C24H24N2O4S/c1-4-13-30-20-8-6-5-7-18(20)14-21-23(28)26(24(29)31-21)15-22(27)25-19-11-9-17(10-12-19)16(2)3/h4-12,14,16H,1,13,15H2,2-3H3,(H,25,27)/b21-14-. The maximum atomic E-state index is 12.7. The average Bonchev–Trinajstić information content (AvgIpc) is 3.01. The molecule has 160 valence electrons. The molecule has 7 heteroatoms. The number of carbonyl (C=O) groups is 3. The van der Waals surface area contributed by atoms with Crippen LogP contribution in [0.2, 0.25) is 0 Å². The molecular formula is C24H24N2O4S. The molecule has 1 heterocycles. The topological polar surface area (TPSA) is 75.7 Å². The van der Waals surface area contributed by atoms with Gasteiger partial charge in [0.15, 0.2) is 0 Å². The van der Waals surface area contributed by atoms with Crippen molar-refractivity contribution in [2.24, 2.45) is 0 Å². The average molecular weight is 437 g/mol. The number of amides is 3. The van der Waals surface area contributed by atoms with Crippen molar-refractivity contribution in [1.29, 1.82) is 0 Å². The molecule has 2 aromatic rings. The van der Waals surface area contributed by atoms with Crippen molar-refractivity contribution in [3.05, 3.63) is 77.2 Å². The molecule has 1 aliphatic rings. The first-order valence-electron chi connectivity index (χ1n) is 9.87. The lowest BCUT2D eigenvalue weighted by molar-refractivity contribution is -0.127. The van der Waals surface area contributed by atoms with Gasteiger partial charge in [-0.1, -0.05) is 56.8 Å². The number of carbonyl (C=O) groups excluding carboxylic acids is 3. The van der Waals surface area contributed by atoms with Gasteiger partial charge in [-0.25, -0.2) is 0 Å². The summed E-state index contributed by atoms with van der Waals surface area (Å²) in [6, 6.07) is 14.7. The van der Waals surface area contributed by atoms with E-state index in [0.29, 0.717) is 29.5 Å². The Morgan fingerprint density at radius 3 is 2.55 bits per heavy atom. The van der Waals surface area contributed by atoms with Gasteiger partial charge in [-0.2, -0.15) is 0 Å². The molecule has 31 heavy (non-hydrogen) atoms. The fourth-order valence-electron chi connectivity index (χ4n) is 2.95. The minimum atomic E-state index is -0.501. The van der Waals surface area contributed by atoms with Crippen LogP contribution in [-0.2, 0) is 9.59 Å². The highest BCUT2D eigenvalue weighted by Gasteiger charge is 2.36. The van der Waals surface area contributed by atoms with Gasteiger partial charge in [0.05, 0.1) is 4.91 Å². The second-order valence-corrected chi connectivity index (χ2v) is 8.22. The van der Waals surface area contributed by atoms with E-state index in [1.54, 1.807) is 36.4 Å². The molecule has 3 amide bonds. The van der Waals surface area contributed by atoms with Crippen molar-refractivity contribution in [1.82, 2.24) is 4.90 Å². The molecule has 0 radical (unpaired) electrons. The summed E-state index contributed by atoms with van der Waals surface area (Å²) in [5, 5.41) is 2.25. The van der Waals surface area contributed by atoms with Gasteiger partial charge in [-0.3, -0.25) is 19.3 Å². The van der Waals surface area contributed by atoms with Crippen LogP contribution < -0.4 is 10.1 Å². The molecule has 0 aliphatic carbocycles. The van der Waals surface area contributed by atoms with E-state index in [4.69, 9.17) is 4.74 Å². The van der Waals surface area contributed by atoms with Crippen molar-refractivity contribution in [3.63, 3.8) is 0 Å². The summed E-state index contributed by atoms with van der Waals surface area (Å²) in [5.41, 5.74) is 2.45. The van der Waals surface area contributed by atoms with Crippen molar-refractivity contribution in [3.8, 4) is 5.75 Å². The number of nitrogens with one attached hydrogen (secondary N) is 1. The normalized spacial score (nSPS) is 14.9. The molecule has 0 atom stereocenters. The lowest BCUT2D eigenvalue weighted by Crippen LogP contribution is -2.36. The predicted molar refractivity (Wildman–Crippen MR) is 124 cm³/mol. The molecule has 1 fully saturated rings. The number of hydrogen-bond acceptors (Lipinski definition) is 5. The van der Waals surface area contributed by atoms with Gasteiger partial charge in [-0.05, 0) is 47.5 Å². The highest BCUT2D eigenvalue weighted by atomic mass is 32.2. The predicted octanol–water partition coefficient (Wildman–Crippen LogP) is 5.05. The minimum Gasteiger partial charge on any atom is -0.489 e. The van der Waals surface area contributed by atoms with Gasteiger partial charge in [0, 0.05) is 11.3 Å².